The zero-order valence-electron chi connectivity index (χ0n) is 10.9. The number of aromatic nitrogens is 1. The third kappa shape index (κ3) is 4.09. The van der Waals surface area contributed by atoms with Crippen LogP contribution in [0.5, 0.6) is 0 Å². The number of nitrogens with one attached hydrogen (secondary N) is 1. The molecule has 0 saturated heterocycles. The Hall–Kier alpha value is -1.31. The molecule has 0 saturated carbocycles. The first-order chi connectivity index (χ1) is 9.19. The average Bonchev–Trinajstić information content (AvgIpc) is 2.46. The van der Waals surface area contributed by atoms with Gasteiger partial charge in [-0.3, -0.25) is 0 Å². The highest BCUT2D eigenvalue weighted by Gasteiger charge is 2.05. The number of aryl methyl sites for hydroxylation is 1. The Kier molecular flexibility index (Phi) is 5.00. The molecule has 2 aromatic rings. The van der Waals surface area contributed by atoms with Crippen molar-refractivity contribution in [3.8, 4) is 0 Å². The van der Waals surface area contributed by atoms with Gasteiger partial charge in [-0.25, -0.2) is 4.98 Å². The van der Waals surface area contributed by atoms with Crippen LogP contribution in [0.1, 0.15) is 29.4 Å². The molecule has 2 rings (SSSR count). The molecule has 19 heavy (non-hydrogen) atoms. The predicted molar refractivity (Wildman–Crippen MR) is 79.3 cm³/mol. The standard InChI is InChI=1S/C15H18FN2P/c1-2-11-3-5-12(6-4-11)9-18-15(19)13-7-8-14(16)17-10-13/h3-8,10,15,18H,2,9,19H2,1H3. The molecule has 2 unspecified atom stereocenters. The van der Waals surface area contributed by atoms with Crippen LogP contribution in [0.3, 0.4) is 0 Å². The Morgan fingerprint density at radius 3 is 2.42 bits per heavy atom. The monoisotopic (exact) mass is 276 g/mol. The lowest BCUT2D eigenvalue weighted by atomic mass is 10.1. The molecule has 2 nitrogen and oxygen atoms in total. The molecule has 4 heteroatoms. The number of nitrogens with zero attached hydrogens (tertiary/aromatic N) is 1. The number of halogens is 1. The largest absolute Gasteiger partial charge is 0.303 e. The summed E-state index contributed by atoms with van der Waals surface area (Å²) in [5.74, 6) is -0.380. The Morgan fingerprint density at radius 1 is 1.16 bits per heavy atom. The van der Waals surface area contributed by atoms with E-state index in [-0.39, 0.29) is 5.78 Å². The van der Waals surface area contributed by atoms with Crippen LogP contribution in [0, 0.1) is 5.95 Å². The van der Waals surface area contributed by atoms with E-state index in [0.717, 1.165) is 18.5 Å². The van der Waals surface area contributed by atoms with Crippen LogP contribution in [-0.4, -0.2) is 4.98 Å². The maximum absolute atomic E-state index is 12.7. The molecular weight excluding hydrogens is 258 g/mol. The predicted octanol–water partition coefficient (Wildman–Crippen LogP) is 3.45. The quantitative estimate of drug-likeness (QED) is 0.668. The number of benzene rings is 1. The van der Waals surface area contributed by atoms with Gasteiger partial charge in [-0.2, -0.15) is 4.39 Å². The van der Waals surface area contributed by atoms with Gasteiger partial charge in [0, 0.05) is 18.5 Å². The molecule has 1 aromatic carbocycles. The second-order valence-electron chi connectivity index (χ2n) is 4.44. The number of rotatable bonds is 5. The van der Waals surface area contributed by atoms with Gasteiger partial charge in [-0.15, -0.1) is 9.24 Å². The van der Waals surface area contributed by atoms with Crippen LogP contribution in [0.4, 0.5) is 4.39 Å². The van der Waals surface area contributed by atoms with E-state index in [1.54, 1.807) is 12.3 Å². The van der Waals surface area contributed by atoms with Crippen molar-refractivity contribution in [2.45, 2.75) is 25.7 Å². The summed E-state index contributed by atoms with van der Waals surface area (Å²) in [5.41, 5.74) is 3.53. The Balaban J connectivity index is 1.92. The highest BCUT2D eigenvalue weighted by Crippen LogP contribution is 2.19. The number of hydrogen-bond acceptors (Lipinski definition) is 2. The van der Waals surface area contributed by atoms with Crippen molar-refractivity contribution >= 4 is 9.24 Å². The van der Waals surface area contributed by atoms with E-state index in [4.69, 9.17) is 0 Å². The lowest BCUT2D eigenvalue weighted by Crippen LogP contribution is -2.16. The second kappa shape index (κ2) is 6.74. The topological polar surface area (TPSA) is 24.9 Å². The smallest absolute Gasteiger partial charge is 0.212 e. The zero-order chi connectivity index (χ0) is 13.7. The van der Waals surface area contributed by atoms with E-state index in [1.807, 2.05) is 0 Å². The van der Waals surface area contributed by atoms with Crippen LogP contribution < -0.4 is 5.32 Å². The van der Waals surface area contributed by atoms with Crippen LogP contribution in [0.25, 0.3) is 0 Å². The summed E-state index contributed by atoms with van der Waals surface area (Å²) in [7, 11) is 2.71. The third-order valence-electron chi connectivity index (χ3n) is 3.07. The number of pyridine rings is 1. The minimum Gasteiger partial charge on any atom is -0.303 e. The highest BCUT2D eigenvalue weighted by molar-refractivity contribution is 7.17. The minimum atomic E-state index is -0.448. The SMILES string of the molecule is CCc1ccc(CNC(P)c2ccc(F)nc2)cc1. The molecule has 0 fully saturated rings. The molecule has 1 heterocycles. The fraction of sp³-hybridized carbons (Fsp3) is 0.267. The van der Waals surface area contributed by atoms with Crippen molar-refractivity contribution < 1.29 is 4.39 Å². The molecule has 0 radical (unpaired) electrons. The van der Waals surface area contributed by atoms with Gasteiger partial charge in [-0.1, -0.05) is 37.3 Å². The van der Waals surface area contributed by atoms with E-state index in [9.17, 15) is 4.39 Å². The lowest BCUT2D eigenvalue weighted by molar-refractivity contribution is 0.579. The van der Waals surface area contributed by atoms with E-state index in [2.05, 4.69) is 50.7 Å². The Labute approximate surface area is 115 Å². The van der Waals surface area contributed by atoms with Gasteiger partial charge < -0.3 is 5.32 Å². The Morgan fingerprint density at radius 2 is 1.84 bits per heavy atom. The first-order valence-corrected chi connectivity index (χ1v) is 7.04. The Bertz CT molecular complexity index is 511. The normalized spacial score (nSPS) is 12.4. The summed E-state index contributed by atoms with van der Waals surface area (Å²) in [6, 6.07) is 11.7. The molecule has 100 valence electrons. The first kappa shape index (κ1) is 14.1. The molecule has 2 atom stereocenters. The van der Waals surface area contributed by atoms with Crippen LogP contribution in [-0.2, 0) is 13.0 Å². The van der Waals surface area contributed by atoms with Gasteiger partial charge in [0.1, 0.15) is 0 Å². The minimum absolute atomic E-state index is 0.0685. The van der Waals surface area contributed by atoms with E-state index >= 15 is 0 Å². The molecule has 1 N–H and O–H groups in total. The molecule has 0 aliphatic heterocycles. The van der Waals surface area contributed by atoms with E-state index in [0.29, 0.717) is 0 Å². The van der Waals surface area contributed by atoms with Gasteiger partial charge in [0.2, 0.25) is 5.95 Å². The van der Waals surface area contributed by atoms with Gasteiger partial charge in [0.15, 0.2) is 0 Å². The van der Waals surface area contributed by atoms with Gasteiger partial charge in [-0.05, 0) is 29.2 Å². The average molecular weight is 276 g/mol. The molecule has 0 amide bonds. The maximum Gasteiger partial charge on any atom is 0.212 e. The van der Waals surface area contributed by atoms with Crippen LogP contribution in [0.2, 0.25) is 0 Å². The maximum atomic E-state index is 12.7. The van der Waals surface area contributed by atoms with Gasteiger partial charge >= 0.3 is 0 Å². The summed E-state index contributed by atoms with van der Waals surface area (Å²) in [4.78, 5) is 3.66. The van der Waals surface area contributed by atoms with Crippen molar-refractivity contribution in [3.05, 3.63) is 65.2 Å². The van der Waals surface area contributed by atoms with Crippen LogP contribution >= 0.6 is 9.24 Å². The first-order valence-electron chi connectivity index (χ1n) is 6.37. The van der Waals surface area contributed by atoms with E-state index < -0.39 is 5.95 Å². The number of hydrogen-bond donors (Lipinski definition) is 1. The highest BCUT2D eigenvalue weighted by atomic mass is 31.0. The zero-order valence-corrected chi connectivity index (χ0v) is 12.1. The van der Waals surface area contributed by atoms with Crippen LogP contribution in [0.15, 0.2) is 42.6 Å². The fourth-order valence-corrected chi connectivity index (χ4v) is 2.12. The van der Waals surface area contributed by atoms with Gasteiger partial charge in [0.25, 0.3) is 0 Å². The second-order valence-corrected chi connectivity index (χ2v) is 5.11. The molecule has 0 spiro atoms. The molecule has 0 bridgehead atoms. The van der Waals surface area contributed by atoms with E-state index in [1.165, 1.54) is 17.2 Å². The molecule has 0 aliphatic carbocycles. The van der Waals surface area contributed by atoms with Crippen molar-refractivity contribution in [1.82, 2.24) is 10.3 Å². The molecular formula is C15H18FN2P. The lowest BCUT2D eigenvalue weighted by Gasteiger charge is -2.14. The summed E-state index contributed by atoms with van der Waals surface area (Å²) < 4.78 is 12.7. The van der Waals surface area contributed by atoms with Gasteiger partial charge in [0.05, 0.1) is 0 Å². The van der Waals surface area contributed by atoms with Crippen molar-refractivity contribution in [2.75, 3.05) is 0 Å². The summed E-state index contributed by atoms with van der Waals surface area (Å²) in [6.07, 6.45) is 2.61. The molecule has 0 aliphatic rings. The molecule has 1 aromatic heterocycles. The fourth-order valence-electron chi connectivity index (χ4n) is 1.81. The van der Waals surface area contributed by atoms with Crippen molar-refractivity contribution in [1.29, 1.82) is 0 Å². The summed E-state index contributed by atoms with van der Waals surface area (Å²) >= 11 is 0. The third-order valence-corrected chi connectivity index (χ3v) is 3.69. The van der Waals surface area contributed by atoms with Crippen molar-refractivity contribution in [2.24, 2.45) is 0 Å². The van der Waals surface area contributed by atoms with Crippen molar-refractivity contribution in [3.63, 3.8) is 0 Å². The summed E-state index contributed by atoms with van der Waals surface area (Å²) in [6.45, 7) is 2.92. The summed E-state index contributed by atoms with van der Waals surface area (Å²) in [5, 5.41) is 3.37.